The highest BCUT2D eigenvalue weighted by Gasteiger charge is 2.48. The first kappa shape index (κ1) is 7.55. The van der Waals surface area contributed by atoms with E-state index in [4.69, 9.17) is 4.74 Å². The lowest BCUT2D eigenvalue weighted by atomic mass is 10.0. The number of carbonyl (C=O) groups excluding carboxylic acids is 1. The molecule has 2 aliphatic rings. The monoisotopic (exact) mass is 220 g/mol. The predicted octanol–water partition coefficient (Wildman–Crippen LogP) is 0.446. The van der Waals surface area contributed by atoms with Crippen LogP contribution in [0.1, 0.15) is 12.8 Å². The molecule has 0 aromatic rings. The maximum Gasteiger partial charge on any atom is 0.306 e. The molecule has 2 fully saturated rings. The number of esters is 1. The van der Waals surface area contributed by atoms with E-state index in [-0.39, 0.29) is 22.8 Å². The Labute approximate surface area is 72.9 Å². The summed E-state index contributed by atoms with van der Waals surface area (Å²) in [5.74, 6) is -0.134. The van der Waals surface area contributed by atoms with Crippen molar-refractivity contribution in [2.75, 3.05) is 0 Å². The van der Waals surface area contributed by atoms with Crippen LogP contribution in [0.3, 0.4) is 0 Å². The van der Waals surface area contributed by atoms with Crippen LogP contribution in [0.4, 0.5) is 0 Å². The highest BCUT2D eigenvalue weighted by molar-refractivity contribution is 9.09. The average Bonchev–Trinajstić information content (AvgIpc) is 2.37. The zero-order chi connectivity index (χ0) is 8.01. The standard InChI is InChI=1S/C7H9BrO3/c8-4-2-5-3(7(4)10)1-6(9)11-5/h3-5,7,10H,1-2H2/t3-,4-,5-,7-/m1/s1. The number of rotatable bonds is 0. The summed E-state index contributed by atoms with van der Waals surface area (Å²) in [4.78, 5) is 10.9. The molecule has 0 radical (unpaired) electrons. The lowest BCUT2D eigenvalue weighted by Crippen LogP contribution is -2.21. The molecule has 0 unspecified atom stereocenters. The van der Waals surface area contributed by atoms with Gasteiger partial charge >= 0.3 is 5.97 Å². The van der Waals surface area contributed by atoms with E-state index < -0.39 is 6.10 Å². The molecule has 11 heavy (non-hydrogen) atoms. The largest absolute Gasteiger partial charge is 0.462 e. The number of aliphatic hydroxyl groups is 1. The van der Waals surface area contributed by atoms with Crippen molar-refractivity contribution < 1.29 is 14.6 Å². The number of carbonyl (C=O) groups is 1. The van der Waals surface area contributed by atoms with Crippen molar-refractivity contribution in [3.63, 3.8) is 0 Å². The molecule has 1 heterocycles. The lowest BCUT2D eigenvalue weighted by molar-refractivity contribution is -0.141. The Hall–Kier alpha value is -0.0900. The van der Waals surface area contributed by atoms with Crippen molar-refractivity contribution in [2.45, 2.75) is 29.9 Å². The van der Waals surface area contributed by atoms with Gasteiger partial charge in [-0.2, -0.15) is 0 Å². The smallest absolute Gasteiger partial charge is 0.306 e. The molecule has 0 spiro atoms. The lowest BCUT2D eigenvalue weighted by Gasteiger charge is -2.10. The molecule has 1 aliphatic carbocycles. The second kappa shape index (κ2) is 2.45. The first-order valence-corrected chi connectivity index (χ1v) is 4.61. The molecule has 1 saturated carbocycles. The fourth-order valence-electron chi connectivity index (χ4n) is 1.82. The minimum atomic E-state index is -0.411. The third kappa shape index (κ3) is 1.08. The Bertz CT molecular complexity index is 194. The fraction of sp³-hybridized carbons (Fsp3) is 0.857. The Kier molecular flexibility index (Phi) is 1.68. The van der Waals surface area contributed by atoms with Crippen LogP contribution in [0.5, 0.6) is 0 Å². The van der Waals surface area contributed by atoms with Gasteiger partial charge in [-0.25, -0.2) is 0 Å². The Morgan fingerprint density at radius 3 is 3.00 bits per heavy atom. The predicted molar refractivity (Wildman–Crippen MR) is 41.3 cm³/mol. The number of halogens is 1. The maximum absolute atomic E-state index is 10.8. The Morgan fingerprint density at radius 2 is 2.36 bits per heavy atom. The van der Waals surface area contributed by atoms with Crippen LogP contribution in [0.25, 0.3) is 0 Å². The summed E-state index contributed by atoms with van der Waals surface area (Å²) in [6, 6.07) is 0. The molecule has 1 N–H and O–H groups in total. The van der Waals surface area contributed by atoms with Gasteiger partial charge in [-0.3, -0.25) is 4.79 Å². The number of hydrogen-bond donors (Lipinski definition) is 1. The normalized spacial score (nSPS) is 49.1. The summed E-state index contributed by atoms with van der Waals surface area (Å²) in [6.07, 6.45) is 0.680. The third-order valence-electron chi connectivity index (χ3n) is 2.43. The van der Waals surface area contributed by atoms with Crippen LogP contribution < -0.4 is 0 Å². The zero-order valence-electron chi connectivity index (χ0n) is 5.87. The summed E-state index contributed by atoms with van der Waals surface area (Å²) in [6.45, 7) is 0. The highest BCUT2D eigenvalue weighted by atomic mass is 79.9. The first-order valence-electron chi connectivity index (χ1n) is 3.70. The van der Waals surface area contributed by atoms with Gasteiger partial charge in [-0.15, -0.1) is 0 Å². The number of alkyl halides is 1. The van der Waals surface area contributed by atoms with Gasteiger partial charge in [-0.1, -0.05) is 15.9 Å². The van der Waals surface area contributed by atoms with Crippen LogP contribution in [0.15, 0.2) is 0 Å². The van der Waals surface area contributed by atoms with Crippen LogP contribution in [0, 0.1) is 5.92 Å². The van der Waals surface area contributed by atoms with Crippen molar-refractivity contribution in [2.24, 2.45) is 5.92 Å². The molecule has 62 valence electrons. The second-order valence-corrected chi connectivity index (χ2v) is 4.31. The quantitative estimate of drug-likeness (QED) is 0.477. The summed E-state index contributed by atoms with van der Waals surface area (Å²) >= 11 is 3.34. The van der Waals surface area contributed by atoms with Crippen molar-refractivity contribution in [1.82, 2.24) is 0 Å². The van der Waals surface area contributed by atoms with Gasteiger partial charge < -0.3 is 9.84 Å². The summed E-state index contributed by atoms with van der Waals surface area (Å²) in [5.41, 5.74) is 0. The minimum Gasteiger partial charge on any atom is -0.462 e. The molecule has 0 amide bonds. The van der Waals surface area contributed by atoms with Crippen LogP contribution in [-0.4, -0.2) is 28.1 Å². The molecular weight excluding hydrogens is 212 g/mol. The van der Waals surface area contributed by atoms with Gasteiger partial charge in [0.15, 0.2) is 0 Å². The first-order chi connectivity index (χ1) is 5.18. The molecule has 3 nitrogen and oxygen atoms in total. The average molecular weight is 221 g/mol. The van der Waals surface area contributed by atoms with Crippen molar-refractivity contribution in [3.05, 3.63) is 0 Å². The molecule has 4 heteroatoms. The SMILES string of the molecule is O=C1C[C@H]2[C@@H](O)[C@H](Br)C[C@H]2O1. The van der Waals surface area contributed by atoms with Gasteiger partial charge in [0.05, 0.1) is 12.5 Å². The van der Waals surface area contributed by atoms with Gasteiger partial charge in [0.2, 0.25) is 0 Å². The van der Waals surface area contributed by atoms with Gasteiger partial charge in [0, 0.05) is 10.7 Å². The van der Waals surface area contributed by atoms with E-state index in [1.807, 2.05) is 0 Å². The topological polar surface area (TPSA) is 46.5 Å². The van der Waals surface area contributed by atoms with Crippen molar-refractivity contribution in [3.8, 4) is 0 Å². The minimum absolute atomic E-state index is 0.0341. The van der Waals surface area contributed by atoms with E-state index in [0.29, 0.717) is 6.42 Å². The van der Waals surface area contributed by atoms with Crippen molar-refractivity contribution in [1.29, 1.82) is 0 Å². The maximum atomic E-state index is 10.8. The number of hydrogen-bond acceptors (Lipinski definition) is 3. The van der Waals surface area contributed by atoms with E-state index in [9.17, 15) is 9.90 Å². The van der Waals surface area contributed by atoms with Gasteiger partial charge in [-0.05, 0) is 6.42 Å². The van der Waals surface area contributed by atoms with Gasteiger partial charge in [0.25, 0.3) is 0 Å². The summed E-state index contributed by atoms with van der Waals surface area (Å²) < 4.78 is 5.00. The summed E-state index contributed by atoms with van der Waals surface area (Å²) in [5, 5.41) is 9.51. The zero-order valence-corrected chi connectivity index (χ0v) is 7.45. The van der Waals surface area contributed by atoms with Crippen LogP contribution in [0.2, 0.25) is 0 Å². The molecular formula is C7H9BrO3. The van der Waals surface area contributed by atoms with E-state index in [1.165, 1.54) is 0 Å². The number of aliphatic hydroxyl groups excluding tert-OH is 1. The highest BCUT2D eigenvalue weighted by Crippen LogP contribution is 2.39. The molecule has 0 aromatic heterocycles. The fourth-order valence-corrected chi connectivity index (χ4v) is 2.58. The molecule has 0 bridgehead atoms. The Balaban J connectivity index is 2.13. The Morgan fingerprint density at radius 1 is 1.64 bits per heavy atom. The second-order valence-electron chi connectivity index (χ2n) is 3.14. The molecule has 1 aliphatic heterocycles. The van der Waals surface area contributed by atoms with E-state index in [1.54, 1.807) is 0 Å². The van der Waals surface area contributed by atoms with E-state index >= 15 is 0 Å². The van der Waals surface area contributed by atoms with Crippen molar-refractivity contribution >= 4 is 21.9 Å². The van der Waals surface area contributed by atoms with E-state index in [0.717, 1.165) is 6.42 Å². The third-order valence-corrected chi connectivity index (χ3v) is 3.34. The summed E-state index contributed by atoms with van der Waals surface area (Å²) in [7, 11) is 0. The van der Waals surface area contributed by atoms with Crippen LogP contribution >= 0.6 is 15.9 Å². The molecule has 2 rings (SSSR count). The molecule has 0 aromatic carbocycles. The van der Waals surface area contributed by atoms with Gasteiger partial charge in [0.1, 0.15) is 6.10 Å². The van der Waals surface area contributed by atoms with E-state index in [2.05, 4.69) is 15.9 Å². The number of fused-ring (bicyclic) bond motifs is 1. The number of ether oxygens (including phenoxy) is 1. The molecule has 4 atom stereocenters. The van der Waals surface area contributed by atoms with Crippen LogP contribution in [-0.2, 0) is 9.53 Å². The molecule has 1 saturated heterocycles.